The van der Waals surface area contributed by atoms with Crippen molar-refractivity contribution in [3.05, 3.63) is 24.3 Å². The largest absolute Gasteiger partial charge is 0.506 e. The number of hydrogen-bond acceptors (Lipinski definition) is 3. The molecule has 1 aliphatic rings. The van der Waals surface area contributed by atoms with Gasteiger partial charge in [-0.2, -0.15) is 0 Å². The molecule has 2 rings (SSSR count). The second kappa shape index (κ2) is 5.68. The second-order valence-electron chi connectivity index (χ2n) is 4.48. The highest BCUT2D eigenvalue weighted by Crippen LogP contribution is 2.22. The van der Waals surface area contributed by atoms with Gasteiger partial charge in [0.2, 0.25) is 5.91 Å². The van der Waals surface area contributed by atoms with Crippen LogP contribution in [0.2, 0.25) is 0 Å². The summed E-state index contributed by atoms with van der Waals surface area (Å²) in [5.41, 5.74) is 0.487. The Morgan fingerprint density at radius 2 is 2.29 bits per heavy atom. The van der Waals surface area contributed by atoms with Crippen LogP contribution in [0.1, 0.15) is 19.3 Å². The molecule has 0 aromatic heterocycles. The minimum atomic E-state index is -0.0276. The highest BCUT2D eigenvalue weighted by atomic mass is 16.3. The Hall–Kier alpha value is -1.55. The predicted octanol–water partition coefficient (Wildman–Crippen LogP) is 1.72. The van der Waals surface area contributed by atoms with Crippen molar-refractivity contribution in [2.45, 2.75) is 19.3 Å². The molecule has 0 radical (unpaired) electrons. The Morgan fingerprint density at radius 3 is 3.00 bits per heavy atom. The summed E-state index contributed by atoms with van der Waals surface area (Å²) >= 11 is 0. The number of para-hydroxylation sites is 2. The molecule has 4 heteroatoms. The van der Waals surface area contributed by atoms with E-state index in [0.29, 0.717) is 18.0 Å². The lowest BCUT2D eigenvalue weighted by Gasteiger charge is -2.22. The molecule has 1 aliphatic heterocycles. The van der Waals surface area contributed by atoms with Gasteiger partial charge in [0.1, 0.15) is 5.75 Å². The average molecular weight is 234 g/mol. The quantitative estimate of drug-likeness (QED) is 0.698. The van der Waals surface area contributed by atoms with Crippen molar-refractivity contribution in [2.75, 3.05) is 18.4 Å². The van der Waals surface area contributed by atoms with Crippen LogP contribution in [0, 0.1) is 5.92 Å². The summed E-state index contributed by atoms with van der Waals surface area (Å²) in [6, 6.07) is 6.79. The van der Waals surface area contributed by atoms with E-state index >= 15 is 0 Å². The van der Waals surface area contributed by atoms with Crippen molar-refractivity contribution in [1.82, 2.24) is 5.32 Å². The minimum Gasteiger partial charge on any atom is -0.506 e. The summed E-state index contributed by atoms with van der Waals surface area (Å²) in [7, 11) is 0. The standard InChI is InChI=1S/C13H18N2O2/c16-12-6-2-1-5-11(12)15-13(17)8-10-4-3-7-14-9-10/h1-2,5-6,10,14,16H,3-4,7-9H2,(H,15,17). The lowest BCUT2D eigenvalue weighted by Crippen LogP contribution is -2.32. The number of aromatic hydroxyl groups is 1. The molecule has 0 bridgehead atoms. The zero-order chi connectivity index (χ0) is 12.1. The lowest BCUT2D eigenvalue weighted by molar-refractivity contribution is -0.117. The maximum Gasteiger partial charge on any atom is 0.224 e. The van der Waals surface area contributed by atoms with Crippen LogP contribution in [0.4, 0.5) is 5.69 Å². The van der Waals surface area contributed by atoms with Crippen molar-refractivity contribution in [2.24, 2.45) is 5.92 Å². The Kier molecular flexibility index (Phi) is 3.98. The van der Waals surface area contributed by atoms with Gasteiger partial charge < -0.3 is 15.7 Å². The van der Waals surface area contributed by atoms with Gasteiger partial charge in [0.15, 0.2) is 0 Å². The molecule has 1 saturated heterocycles. The molecule has 1 unspecified atom stereocenters. The van der Waals surface area contributed by atoms with Gasteiger partial charge in [-0.1, -0.05) is 12.1 Å². The van der Waals surface area contributed by atoms with Gasteiger partial charge in [-0.25, -0.2) is 0 Å². The van der Waals surface area contributed by atoms with Crippen LogP contribution in [0.5, 0.6) is 5.75 Å². The lowest BCUT2D eigenvalue weighted by atomic mass is 9.96. The molecule has 0 aliphatic carbocycles. The van der Waals surface area contributed by atoms with Crippen LogP contribution < -0.4 is 10.6 Å². The van der Waals surface area contributed by atoms with Crippen LogP contribution in [0.15, 0.2) is 24.3 Å². The molecule has 4 nitrogen and oxygen atoms in total. The summed E-state index contributed by atoms with van der Waals surface area (Å²) < 4.78 is 0. The van der Waals surface area contributed by atoms with Crippen molar-refractivity contribution in [1.29, 1.82) is 0 Å². The summed E-state index contributed by atoms with van der Waals surface area (Å²) in [5.74, 6) is 0.498. The third kappa shape index (κ3) is 3.46. The molecule has 92 valence electrons. The van der Waals surface area contributed by atoms with Gasteiger partial charge in [-0.15, -0.1) is 0 Å². The third-order valence-electron chi connectivity index (χ3n) is 3.05. The van der Waals surface area contributed by atoms with E-state index in [1.807, 2.05) is 0 Å². The first-order chi connectivity index (χ1) is 8.25. The number of rotatable bonds is 3. The van der Waals surface area contributed by atoms with Gasteiger partial charge in [0, 0.05) is 6.42 Å². The van der Waals surface area contributed by atoms with E-state index in [1.54, 1.807) is 24.3 Å². The van der Waals surface area contributed by atoms with E-state index < -0.39 is 0 Å². The predicted molar refractivity (Wildman–Crippen MR) is 66.9 cm³/mol. The van der Waals surface area contributed by atoms with Crippen LogP contribution in [0.3, 0.4) is 0 Å². The fraction of sp³-hybridized carbons (Fsp3) is 0.462. The highest BCUT2D eigenvalue weighted by Gasteiger charge is 2.17. The molecule has 1 amide bonds. The number of phenolic OH excluding ortho intramolecular Hbond substituents is 1. The Balaban J connectivity index is 1.86. The molecule has 0 spiro atoms. The van der Waals surface area contributed by atoms with Crippen molar-refractivity contribution in [3.8, 4) is 5.75 Å². The van der Waals surface area contributed by atoms with E-state index in [-0.39, 0.29) is 11.7 Å². The van der Waals surface area contributed by atoms with Crippen molar-refractivity contribution >= 4 is 11.6 Å². The summed E-state index contributed by atoms with van der Waals surface area (Å²) in [5, 5.41) is 15.6. The van der Waals surface area contributed by atoms with Crippen molar-refractivity contribution < 1.29 is 9.90 Å². The average Bonchev–Trinajstić information content (AvgIpc) is 2.33. The van der Waals surface area contributed by atoms with Gasteiger partial charge in [0.05, 0.1) is 5.69 Å². The van der Waals surface area contributed by atoms with Crippen LogP contribution in [-0.4, -0.2) is 24.1 Å². The molecule has 1 aromatic carbocycles. The monoisotopic (exact) mass is 234 g/mol. The van der Waals surface area contributed by atoms with Crippen molar-refractivity contribution in [3.63, 3.8) is 0 Å². The molecular weight excluding hydrogens is 216 g/mol. The number of amides is 1. The first kappa shape index (κ1) is 11.9. The van der Waals surface area contributed by atoms with Gasteiger partial charge in [-0.3, -0.25) is 4.79 Å². The van der Waals surface area contributed by atoms with Gasteiger partial charge in [0.25, 0.3) is 0 Å². The Labute approximate surface area is 101 Å². The second-order valence-corrected chi connectivity index (χ2v) is 4.48. The maximum atomic E-state index is 11.8. The zero-order valence-corrected chi connectivity index (χ0v) is 9.78. The van der Waals surface area contributed by atoms with E-state index in [4.69, 9.17) is 0 Å². The number of piperidine rings is 1. The molecule has 1 aromatic rings. The zero-order valence-electron chi connectivity index (χ0n) is 9.78. The fourth-order valence-electron chi connectivity index (χ4n) is 2.14. The van der Waals surface area contributed by atoms with Gasteiger partial charge in [-0.05, 0) is 44.0 Å². The SMILES string of the molecule is O=C(CC1CCCNC1)Nc1ccccc1O. The number of carbonyl (C=O) groups is 1. The van der Waals surface area contributed by atoms with Gasteiger partial charge >= 0.3 is 0 Å². The smallest absolute Gasteiger partial charge is 0.224 e. The molecule has 17 heavy (non-hydrogen) atoms. The molecule has 3 N–H and O–H groups in total. The number of phenols is 1. The molecule has 1 heterocycles. The Morgan fingerprint density at radius 1 is 1.47 bits per heavy atom. The molecule has 1 fully saturated rings. The number of anilines is 1. The third-order valence-corrected chi connectivity index (χ3v) is 3.05. The highest BCUT2D eigenvalue weighted by molar-refractivity contribution is 5.92. The summed E-state index contributed by atoms with van der Waals surface area (Å²) in [4.78, 5) is 11.8. The van der Waals surface area contributed by atoms with E-state index in [1.165, 1.54) is 0 Å². The first-order valence-electron chi connectivity index (χ1n) is 6.04. The molecule has 1 atom stereocenters. The van der Waals surface area contributed by atoms with Crippen LogP contribution in [-0.2, 0) is 4.79 Å². The van der Waals surface area contributed by atoms with E-state index in [9.17, 15) is 9.90 Å². The topological polar surface area (TPSA) is 61.4 Å². The fourth-order valence-corrected chi connectivity index (χ4v) is 2.14. The number of hydrogen-bond donors (Lipinski definition) is 3. The van der Waals surface area contributed by atoms with Crippen LogP contribution in [0.25, 0.3) is 0 Å². The number of nitrogens with one attached hydrogen (secondary N) is 2. The first-order valence-corrected chi connectivity index (χ1v) is 6.04. The minimum absolute atomic E-state index is 0.0276. The van der Waals surface area contributed by atoms with Crippen LogP contribution >= 0.6 is 0 Å². The summed E-state index contributed by atoms with van der Waals surface area (Å²) in [6.07, 6.45) is 2.75. The maximum absolute atomic E-state index is 11.8. The number of benzene rings is 1. The normalized spacial score (nSPS) is 19.9. The van der Waals surface area contributed by atoms with E-state index in [2.05, 4.69) is 10.6 Å². The Bertz CT molecular complexity index is 387. The summed E-state index contributed by atoms with van der Waals surface area (Å²) in [6.45, 7) is 1.96. The van der Waals surface area contributed by atoms with E-state index in [0.717, 1.165) is 25.9 Å². The molecule has 0 saturated carbocycles. The molecular formula is C13H18N2O2. The number of carbonyl (C=O) groups excluding carboxylic acids is 1.